The number of quaternary nitrogens is 1. The number of likely N-dealkylation sites (N-methyl/N-ethyl adjacent to an activating group) is 1. The first-order valence-corrected chi connectivity index (χ1v) is 10.2. The van der Waals surface area contributed by atoms with Crippen LogP contribution in [-0.2, 0) is 21.4 Å². The maximum absolute atomic E-state index is 13.8. The Morgan fingerprint density at radius 1 is 1.26 bits per heavy atom. The largest absolute Gasteiger partial charge is 0.345 e. The molecular weight excluding hydrogens is 393 g/mol. The highest BCUT2D eigenvalue weighted by Gasteiger charge is 2.17. The van der Waals surface area contributed by atoms with Gasteiger partial charge in [-0.3, -0.25) is 4.79 Å². The van der Waals surface area contributed by atoms with Gasteiger partial charge in [-0.15, -0.1) is 0 Å². The standard InChI is InChI=1S/C18H21ClFN3O3S/c1-12(13-6-8-14(9-7-13)27(21,25)26)22-18(24)11-23(2)10-15-16(19)4-3-5-17(15)20/h3-9,12H,10-11H2,1-2H3,(H,22,24)(H2,21,25,26)/p+1/t12-/m1/s1. The van der Waals surface area contributed by atoms with Crippen LogP contribution in [0, 0.1) is 5.82 Å². The zero-order valence-corrected chi connectivity index (χ0v) is 16.6. The van der Waals surface area contributed by atoms with E-state index < -0.39 is 15.8 Å². The SMILES string of the molecule is C[C@@H](NC(=O)C[NH+](C)Cc1c(F)cccc1Cl)c1ccc(S(N)(=O)=O)cc1. The number of nitrogens with one attached hydrogen (secondary N) is 2. The van der Waals surface area contributed by atoms with Crippen molar-refractivity contribution in [3.63, 3.8) is 0 Å². The molecule has 1 unspecified atom stereocenters. The first-order valence-electron chi connectivity index (χ1n) is 8.24. The van der Waals surface area contributed by atoms with Crippen molar-refractivity contribution in [2.75, 3.05) is 13.6 Å². The molecule has 0 heterocycles. The van der Waals surface area contributed by atoms with Gasteiger partial charge in [-0.05, 0) is 36.8 Å². The van der Waals surface area contributed by atoms with Gasteiger partial charge in [0.15, 0.2) is 6.54 Å². The quantitative estimate of drug-likeness (QED) is 0.631. The third kappa shape index (κ3) is 6.00. The van der Waals surface area contributed by atoms with Gasteiger partial charge < -0.3 is 10.2 Å². The molecule has 0 aliphatic rings. The molecule has 0 saturated carbocycles. The van der Waals surface area contributed by atoms with E-state index in [2.05, 4.69) is 5.32 Å². The van der Waals surface area contributed by atoms with E-state index in [1.807, 2.05) is 0 Å². The van der Waals surface area contributed by atoms with Gasteiger partial charge in [-0.2, -0.15) is 0 Å². The summed E-state index contributed by atoms with van der Waals surface area (Å²) in [6.45, 7) is 2.19. The third-order valence-electron chi connectivity index (χ3n) is 4.09. The smallest absolute Gasteiger partial charge is 0.275 e. The minimum atomic E-state index is -3.75. The molecule has 1 amide bonds. The van der Waals surface area contributed by atoms with Crippen molar-refractivity contribution in [3.05, 3.63) is 64.4 Å². The van der Waals surface area contributed by atoms with Crippen LogP contribution in [0.5, 0.6) is 0 Å². The molecule has 0 aliphatic carbocycles. The summed E-state index contributed by atoms with van der Waals surface area (Å²) in [6.07, 6.45) is 0. The summed E-state index contributed by atoms with van der Waals surface area (Å²) in [5.74, 6) is -0.617. The van der Waals surface area contributed by atoms with Crippen LogP contribution in [0.3, 0.4) is 0 Å². The highest BCUT2D eigenvalue weighted by atomic mass is 35.5. The summed E-state index contributed by atoms with van der Waals surface area (Å²) in [7, 11) is -1.98. The lowest BCUT2D eigenvalue weighted by atomic mass is 10.1. The van der Waals surface area contributed by atoms with Gasteiger partial charge in [0.2, 0.25) is 10.0 Å². The molecular formula is C18H22ClFN3O3S+. The Balaban J connectivity index is 1.94. The highest BCUT2D eigenvalue weighted by molar-refractivity contribution is 7.89. The molecule has 2 aromatic rings. The minimum Gasteiger partial charge on any atom is -0.345 e. The Morgan fingerprint density at radius 2 is 1.89 bits per heavy atom. The molecule has 0 aromatic heterocycles. The number of hydrogen-bond donors (Lipinski definition) is 3. The van der Waals surface area contributed by atoms with Crippen LogP contribution in [-0.4, -0.2) is 27.9 Å². The van der Waals surface area contributed by atoms with Gasteiger partial charge in [-0.1, -0.05) is 29.8 Å². The maximum atomic E-state index is 13.8. The predicted molar refractivity (Wildman–Crippen MR) is 101 cm³/mol. The molecule has 4 N–H and O–H groups in total. The molecule has 27 heavy (non-hydrogen) atoms. The molecule has 2 atom stereocenters. The van der Waals surface area contributed by atoms with Gasteiger partial charge in [0.05, 0.1) is 28.6 Å². The Kier molecular flexibility index (Phi) is 6.94. The summed E-state index contributed by atoms with van der Waals surface area (Å²) in [6, 6.07) is 10.1. The van der Waals surface area contributed by atoms with Crippen molar-refractivity contribution in [1.82, 2.24) is 5.32 Å². The second-order valence-electron chi connectivity index (χ2n) is 6.41. The number of rotatable bonds is 7. The van der Waals surface area contributed by atoms with Crippen LogP contribution in [0.2, 0.25) is 5.02 Å². The van der Waals surface area contributed by atoms with E-state index in [9.17, 15) is 17.6 Å². The Bertz CT molecular complexity index is 900. The molecule has 0 bridgehead atoms. The van der Waals surface area contributed by atoms with E-state index in [1.165, 1.54) is 24.3 Å². The first kappa shape index (κ1) is 21.3. The molecule has 0 spiro atoms. The zero-order chi connectivity index (χ0) is 20.2. The van der Waals surface area contributed by atoms with Crippen molar-refractivity contribution in [2.45, 2.75) is 24.4 Å². The molecule has 0 saturated heterocycles. The van der Waals surface area contributed by atoms with Crippen LogP contribution in [0.15, 0.2) is 47.4 Å². The fourth-order valence-electron chi connectivity index (χ4n) is 2.66. The average Bonchev–Trinajstić information content (AvgIpc) is 2.57. The van der Waals surface area contributed by atoms with Crippen molar-refractivity contribution in [1.29, 1.82) is 0 Å². The lowest BCUT2D eigenvalue weighted by molar-refractivity contribution is -0.885. The van der Waals surface area contributed by atoms with E-state index >= 15 is 0 Å². The van der Waals surface area contributed by atoms with E-state index in [0.717, 1.165) is 10.5 Å². The van der Waals surface area contributed by atoms with Crippen LogP contribution in [0.1, 0.15) is 24.1 Å². The number of carbonyl (C=O) groups excluding carboxylic acids is 1. The molecule has 0 radical (unpaired) electrons. The molecule has 2 rings (SSSR count). The number of carbonyl (C=O) groups is 1. The fourth-order valence-corrected chi connectivity index (χ4v) is 3.41. The summed E-state index contributed by atoms with van der Waals surface area (Å²) in [5.41, 5.74) is 1.11. The zero-order valence-electron chi connectivity index (χ0n) is 15.0. The van der Waals surface area contributed by atoms with Crippen LogP contribution >= 0.6 is 11.6 Å². The van der Waals surface area contributed by atoms with Crippen LogP contribution in [0.25, 0.3) is 0 Å². The second-order valence-corrected chi connectivity index (χ2v) is 8.38. The molecule has 0 fully saturated rings. The lowest BCUT2D eigenvalue weighted by Crippen LogP contribution is -3.09. The normalized spacial score (nSPS) is 13.8. The van der Waals surface area contributed by atoms with Crippen LogP contribution in [0.4, 0.5) is 4.39 Å². The molecule has 9 heteroatoms. The first-order chi connectivity index (χ1) is 12.6. The van der Waals surface area contributed by atoms with E-state index in [-0.39, 0.29) is 29.9 Å². The second kappa shape index (κ2) is 8.79. The number of primary sulfonamides is 1. The van der Waals surface area contributed by atoms with E-state index in [4.69, 9.17) is 16.7 Å². The lowest BCUT2D eigenvalue weighted by Gasteiger charge is -2.18. The van der Waals surface area contributed by atoms with E-state index in [1.54, 1.807) is 32.2 Å². The van der Waals surface area contributed by atoms with Gasteiger partial charge >= 0.3 is 0 Å². The van der Waals surface area contributed by atoms with Crippen molar-refractivity contribution >= 4 is 27.5 Å². The Labute approximate surface area is 163 Å². The minimum absolute atomic E-state index is 0.00993. The number of amides is 1. The molecule has 6 nitrogen and oxygen atoms in total. The van der Waals surface area contributed by atoms with Gasteiger partial charge in [-0.25, -0.2) is 17.9 Å². The summed E-state index contributed by atoms with van der Waals surface area (Å²) in [4.78, 5) is 13.0. The van der Waals surface area contributed by atoms with Gasteiger partial charge in [0, 0.05) is 0 Å². The average molecular weight is 415 g/mol. The monoisotopic (exact) mass is 414 g/mol. The molecule has 146 valence electrons. The number of sulfonamides is 1. The number of halogens is 2. The van der Waals surface area contributed by atoms with Crippen molar-refractivity contribution in [2.24, 2.45) is 5.14 Å². The number of hydrogen-bond acceptors (Lipinski definition) is 3. The summed E-state index contributed by atoms with van der Waals surface area (Å²) >= 11 is 6.01. The third-order valence-corrected chi connectivity index (χ3v) is 5.37. The van der Waals surface area contributed by atoms with Crippen molar-refractivity contribution in [3.8, 4) is 0 Å². The van der Waals surface area contributed by atoms with Crippen molar-refractivity contribution < 1.29 is 22.5 Å². The highest BCUT2D eigenvalue weighted by Crippen LogP contribution is 2.18. The molecule has 0 aliphatic heterocycles. The summed E-state index contributed by atoms with van der Waals surface area (Å²) in [5, 5.41) is 8.23. The Morgan fingerprint density at radius 3 is 2.44 bits per heavy atom. The topological polar surface area (TPSA) is 93.7 Å². The Hall–Kier alpha value is -2.00. The summed E-state index contributed by atoms with van der Waals surface area (Å²) < 4.78 is 36.4. The number of benzene rings is 2. The predicted octanol–water partition coefficient (Wildman–Crippen LogP) is 1.02. The molecule has 2 aromatic carbocycles. The number of nitrogens with two attached hydrogens (primary N) is 1. The van der Waals surface area contributed by atoms with Crippen LogP contribution < -0.4 is 15.4 Å². The van der Waals surface area contributed by atoms with Gasteiger partial charge in [0.25, 0.3) is 5.91 Å². The van der Waals surface area contributed by atoms with Gasteiger partial charge in [0.1, 0.15) is 12.4 Å². The maximum Gasteiger partial charge on any atom is 0.275 e. The fraction of sp³-hybridized carbons (Fsp3) is 0.278. The van der Waals surface area contributed by atoms with E-state index in [0.29, 0.717) is 10.6 Å².